The number of carbonyl (C=O) groups is 1. The van der Waals surface area contributed by atoms with Crippen molar-refractivity contribution in [1.29, 1.82) is 0 Å². The number of nitrogens with zero attached hydrogens (tertiary/aromatic N) is 6. The summed E-state index contributed by atoms with van der Waals surface area (Å²) in [5, 5.41) is 3.56. The predicted octanol–water partition coefficient (Wildman–Crippen LogP) is 3.13. The summed E-state index contributed by atoms with van der Waals surface area (Å²) in [6.45, 7) is -0.802. The van der Waals surface area contributed by atoms with Crippen molar-refractivity contribution in [3.05, 3.63) is 60.8 Å². The standard InChI is InChI=1S/C21H17F2N7O/c1-29-12-24-9-17(29)15-3-2-14-8-26-18(7-16(14)27-15)28-20(31)13-4-5-25-19(6-13)30-10-21(22,23)11-30/h2-9,12H,10-11H2,1H3,(H,26,28,31). The second-order valence-electron chi connectivity index (χ2n) is 7.42. The molecule has 8 nitrogen and oxygen atoms in total. The van der Waals surface area contributed by atoms with Crippen molar-refractivity contribution in [1.82, 2.24) is 24.5 Å². The van der Waals surface area contributed by atoms with Gasteiger partial charge < -0.3 is 14.8 Å². The second-order valence-corrected chi connectivity index (χ2v) is 7.42. The zero-order valence-corrected chi connectivity index (χ0v) is 16.5. The summed E-state index contributed by atoms with van der Waals surface area (Å²) >= 11 is 0. The number of aromatic nitrogens is 5. The Balaban J connectivity index is 1.37. The number of alkyl halides is 2. The first-order valence-electron chi connectivity index (χ1n) is 9.52. The number of halogens is 2. The lowest BCUT2D eigenvalue weighted by atomic mass is 10.1. The van der Waals surface area contributed by atoms with E-state index in [-0.39, 0.29) is 0 Å². The first kappa shape index (κ1) is 19.0. The van der Waals surface area contributed by atoms with Crippen molar-refractivity contribution in [2.45, 2.75) is 5.92 Å². The summed E-state index contributed by atoms with van der Waals surface area (Å²) in [6, 6.07) is 8.49. The molecule has 1 amide bonds. The Morgan fingerprint density at radius 3 is 2.71 bits per heavy atom. The van der Waals surface area contributed by atoms with E-state index in [4.69, 9.17) is 0 Å². The Morgan fingerprint density at radius 2 is 1.97 bits per heavy atom. The molecule has 5 heterocycles. The minimum Gasteiger partial charge on any atom is -0.344 e. The third-order valence-corrected chi connectivity index (χ3v) is 5.07. The van der Waals surface area contributed by atoms with Crippen molar-refractivity contribution in [3.8, 4) is 11.4 Å². The highest BCUT2D eigenvalue weighted by atomic mass is 19.3. The van der Waals surface area contributed by atoms with Crippen LogP contribution in [-0.2, 0) is 7.05 Å². The van der Waals surface area contributed by atoms with Gasteiger partial charge in [0.25, 0.3) is 11.8 Å². The molecule has 0 saturated carbocycles. The van der Waals surface area contributed by atoms with Gasteiger partial charge >= 0.3 is 0 Å². The Morgan fingerprint density at radius 1 is 1.13 bits per heavy atom. The molecule has 31 heavy (non-hydrogen) atoms. The summed E-state index contributed by atoms with van der Waals surface area (Å²) in [7, 11) is 1.89. The van der Waals surface area contributed by atoms with Crippen molar-refractivity contribution >= 4 is 28.4 Å². The molecule has 0 bridgehead atoms. The van der Waals surface area contributed by atoms with Crippen LogP contribution in [0.1, 0.15) is 10.4 Å². The summed E-state index contributed by atoms with van der Waals surface area (Å²) in [5.74, 6) is -2.45. The van der Waals surface area contributed by atoms with Crippen LogP contribution in [0.25, 0.3) is 22.3 Å². The number of rotatable bonds is 4. The van der Waals surface area contributed by atoms with Crippen LogP contribution in [0.15, 0.2) is 55.2 Å². The monoisotopic (exact) mass is 421 g/mol. The van der Waals surface area contributed by atoms with Gasteiger partial charge in [0.05, 0.1) is 42.5 Å². The van der Waals surface area contributed by atoms with Gasteiger partial charge in [0.2, 0.25) is 0 Å². The first-order chi connectivity index (χ1) is 14.9. The highest BCUT2D eigenvalue weighted by molar-refractivity contribution is 6.04. The molecule has 0 radical (unpaired) electrons. The van der Waals surface area contributed by atoms with Crippen LogP contribution in [0, 0.1) is 0 Å². The average molecular weight is 421 g/mol. The number of amides is 1. The second kappa shape index (κ2) is 7.08. The third kappa shape index (κ3) is 3.67. The topological polar surface area (TPSA) is 88.8 Å². The SMILES string of the molecule is Cn1cncc1-c1ccc2cnc(NC(=O)c3ccnc(N4CC(F)(F)C4)c3)cc2n1. The Hall–Kier alpha value is -3.95. The number of anilines is 2. The minimum absolute atomic E-state index is 0.304. The van der Waals surface area contributed by atoms with E-state index in [1.54, 1.807) is 24.8 Å². The van der Waals surface area contributed by atoms with E-state index in [0.29, 0.717) is 22.7 Å². The number of hydrogen-bond acceptors (Lipinski definition) is 6. The van der Waals surface area contributed by atoms with Crippen LogP contribution in [0.5, 0.6) is 0 Å². The maximum absolute atomic E-state index is 13.1. The molecule has 0 aromatic carbocycles. The van der Waals surface area contributed by atoms with Gasteiger partial charge in [0.15, 0.2) is 0 Å². The molecule has 4 aromatic heterocycles. The summed E-state index contributed by atoms with van der Waals surface area (Å²) < 4.78 is 28.1. The molecule has 0 spiro atoms. The number of hydrogen-bond donors (Lipinski definition) is 1. The van der Waals surface area contributed by atoms with Gasteiger partial charge in [-0.15, -0.1) is 0 Å². The van der Waals surface area contributed by atoms with Crippen molar-refractivity contribution in [2.75, 3.05) is 23.3 Å². The zero-order valence-electron chi connectivity index (χ0n) is 16.5. The van der Waals surface area contributed by atoms with Crippen LogP contribution in [0.2, 0.25) is 0 Å². The van der Waals surface area contributed by atoms with Crippen molar-refractivity contribution < 1.29 is 13.6 Å². The van der Waals surface area contributed by atoms with E-state index in [0.717, 1.165) is 16.8 Å². The lowest BCUT2D eigenvalue weighted by molar-refractivity contribution is -0.0267. The fraction of sp³-hybridized carbons (Fsp3) is 0.190. The smallest absolute Gasteiger partial charge is 0.282 e. The number of fused-ring (bicyclic) bond motifs is 1. The third-order valence-electron chi connectivity index (χ3n) is 5.07. The Bertz CT molecular complexity index is 1300. The molecular weight excluding hydrogens is 404 g/mol. The molecule has 5 rings (SSSR count). The number of aryl methyl sites for hydroxylation is 1. The van der Waals surface area contributed by atoms with E-state index in [1.807, 2.05) is 23.7 Å². The maximum atomic E-state index is 13.1. The van der Waals surface area contributed by atoms with E-state index in [9.17, 15) is 13.6 Å². The fourth-order valence-electron chi connectivity index (χ4n) is 3.43. The first-order valence-corrected chi connectivity index (χ1v) is 9.52. The highest BCUT2D eigenvalue weighted by Gasteiger charge is 2.44. The van der Waals surface area contributed by atoms with E-state index in [2.05, 4.69) is 25.3 Å². The normalized spacial score (nSPS) is 15.0. The van der Waals surface area contributed by atoms with E-state index >= 15 is 0 Å². The van der Waals surface area contributed by atoms with Crippen LogP contribution >= 0.6 is 0 Å². The molecule has 156 valence electrons. The molecular formula is C21H17F2N7O. The minimum atomic E-state index is -2.71. The molecule has 1 aliphatic rings. The molecule has 0 aliphatic carbocycles. The Labute approximate surface area is 175 Å². The van der Waals surface area contributed by atoms with E-state index < -0.39 is 24.9 Å². The average Bonchev–Trinajstić information content (AvgIpc) is 3.17. The fourth-order valence-corrected chi connectivity index (χ4v) is 3.43. The highest BCUT2D eigenvalue weighted by Crippen LogP contribution is 2.30. The van der Waals surface area contributed by atoms with Crippen LogP contribution in [0.4, 0.5) is 20.4 Å². The predicted molar refractivity (Wildman–Crippen MR) is 111 cm³/mol. The van der Waals surface area contributed by atoms with Gasteiger partial charge in [-0.25, -0.2) is 28.7 Å². The molecule has 1 aliphatic heterocycles. The van der Waals surface area contributed by atoms with Crippen LogP contribution < -0.4 is 10.2 Å². The molecule has 1 N–H and O–H groups in total. The van der Waals surface area contributed by atoms with Crippen LogP contribution in [-0.4, -0.2) is 49.4 Å². The summed E-state index contributed by atoms with van der Waals surface area (Å²) in [4.78, 5) is 31.2. The number of pyridine rings is 3. The summed E-state index contributed by atoms with van der Waals surface area (Å²) in [5.41, 5.74) is 2.59. The van der Waals surface area contributed by atoms with Gasteiger partial charge in [-0.2, -0.15) is 0 Å². The molecule has 0 unspecified atom stereocenters. The Kier molecular flexibility index (Phi) is 4.35. The molecule has 0 atom stereocenters. The van der Waals surface area contributed by atoms with Gasteiger partial charge in [-0.1, -0.05) is 0 Å². The van der Waals surface area contributed by atoms with Crippen molar-refractivity contribution in [2.24, 2.45) is 7.05 Å². The van der Waals surface area contributed by atoms with Crippen LogP contribution in [0.3, 0.4) is 0 Å². The van der Waals surface area contributed by atoms with E-state index in [1.165, 1.54) is 23.2 Å². The number of carbonyl (C=O) groups excluding carboxylic acids is 1. The van der Waals surface area contributed by atoms with Crippen molar-refractivity contribution in [3.63, 3.8) is 0 Å². The summed E-state index contributed by atoms with van der Waals surface area (Å²) in [6.07, 6.45) is 6.48. The largest absolute Gasteiger partial charge is 0.344 e. The van der Waals surface area contributed by atoms with Gasteiger partial charge in [-0.05, 0) is 24.3 Å². The van der Waals surface area contributed by atoms with Gasteiger partial charge in [0, 0.05) is 36.5 Å². The molecule has 1 saturated heterocycles. The zero-order chi connectivity index (χ0) is 21.6. The molecule has 1 fully saturated rings. The maximum Gasteiger partial charge on any atom is 0.282 e. The van der Waals surface area contributed by atoms with Gasteiger partial charge in [0.1, 0.15) is 11.6 Å². The number of imidazole rings is 1. The molecule has 10 heteroatoms. The number of nitrogens with one attached hydrogen (secondary N) is 1. The quantitative estimate of drug-likeness (QED) is 0.545. The lowest BCUT2D eigenvalue weighted by Gasteiger charge is -2.39. The lowest BCUT2D eigenvalue weighted by Crippen LogP contribution is -2.56. The molecule has 4 aromatic rings. The van der Waals surface area contributed by atoms with Gasteiger partial charge in [-0.3, -0.25) is 4.79 Å².